The highest BCUT2D eigenvalue weighted by Gasteiger charge is 2.14. The number of aromatic nitrogens is 2. The van der Waals surface area contributed by atoms with Crippen molar-refractivity contribution in [3.8, 4) is 0 Å². The highest BCUT2D eigenvalue weighted by Crippen LogP contribution is 2.26. The molecule has 0 aliphatic heterocycles. The molecule has 0 saturated heterocycles. The molecule has 1 unspecified atom stereocenters. The molecule has 24 heavy (non-hydrogen) atoms. The van der Waals surface area contributed by atoms with Crippen LogP contribution in [0.3, 0.4) is 0 Å². The van der Waals surface area contributed by atoms with Crippen LogP contribution in [0.15, 0.2) is 67.0 Å². The molecule has 0 aliphatic rings. The fourth-order valence-electron chi connectivity index (χ4n) is 2.82. The third kappa shape index (κ3) is 4.12. The summed E-state index contributed by atoms with van der Waals surface area (Å²) in [4.78, 5) is 4.37. The quantitative estimate of drug-likeness (QED) is 0.601. The van der Waals surface area contributed by atoms with Crippen LogP contribution in [0, 0.1) is 6.92 Å². The highest BCUT2D eigenvalue weighted by atomic mass is 16.5. The van der Waals surface area contributed by atoms with E-state index in [0.717, 1.165) is 18.7 Å². The molecule has 3 rings (SSSR count). The average molecular weight is 320 g/mol. The van der Waals surface area contributed by atoms with Crippen LogP contribution < -0.4 is 0 Å². The minimum atomic E-state index is -0.0202. The van der Waals surface area contributed by atoms with E-state index in [1.54, 1.807) is 0 Å². The van der Waals surface area contributed by atoms with Gasteiger partial charge >= 0.3 is 0 Å². The topological polar surface area (TPSA) is 27.1 Å². The third-order valence-corrected chi connectivity index (χ3v) is 4.23. The zero-order valence-electron chi connectivity index (χ0n) is 14.4. The summed E-state index contributed by atoms with van der Waals surface area (Å²) in [6.45, 7) is 2.81. The second-order valence-corrected chi connectivity index (χ2v) is 6.13. The molecular weight excluding hydrogens is 296 g/mol. The predicted molar refractivity (Wildman–Crippen MR) is 96.9 cm³/mol. The molecule has 0 amide bonds. The summed E-state index contributed by atoms with van der Waals surface area (Å²) < 4.78 is 8.32. The maximum Gasteiger partial charge on any atom is 0.108 e. The second kappa shape index (κ2) is 7.93. The van der Waals surface area contributed by atoms with E-state index in [2.05, 4.69) is 65.0 Å². The lowest BCUT2D eigenvalue weighted by Gasteiger charge is -2.19. The lowest BCUT2D eigenvalue weighted by molar-refractivity contribution is 0.0780. The van der Waals surface area contributed by atoms with E-state index < -0.39 is 0 Å². The van der Waals surface area contributed by atoms with Crippen molar-refractivity contribution >= 4 is 0 Å². The molecule has 124 valence electrons. The number of imidazole rings is 1. The fourth-order valence-corrected chi connectivity index (χ4v) is 2.82. The molecule has 3 heteroatoms. The number of ether oxygens (including phenoxy) is 1. The number of aryl methyl sites for hydroxylation is 3. The lowest BCUT2D eigenvalue weighted by Crippen LogP contribution is -2.09. The predicted octanol–water partition coefficient (Wildman–Crippen LogP) is 4.47. The van der Waals surface area contributed by atoms with E-state index in [0.29, 0.717) is 6.61 Å². The van der Waals surface area contributed by atoms with E-state index in [1.165, 1.54) is 16.7 Å². The molecule has 0 aliphatic carbocycles. The van der Waals surface area contributed by atoms with Crippen LogP contribution in [0.2, 0.25) is 0 Å². The molecule has 1 aromatic heterocycles. The SMILES string of the molecule is Cc1ccc(C(OCCCc2nccn2C)c2ccccc2)cc1. The Hall–Kier alpha value is -2.39. The van der Waals surface area contributed by atoms with Crippen molar-refractivity contribution < 1.29 is 4.74 Å². The van der Waals surface area contributed by atoms with E-state index in [4.69, 9.17) is 4.74 Å². The first-order valence-electron chi connectivity index (χ1n) is 8.43. The Bertz CT molecular complexity index is 747. The summed E-state index contributed by atoms with van der Waals surface area (Å²) in [5, 5.41) is 0. The largest absolute Gasteiger partial charge is 0.369 e. The van der Waals surface area contributed by atoms with Crippen molar-refractivity contribution in [2.24, 2.45) is 7.05 Å². The van der Waals surface area contributed by atoms with Gasteiger partial charge in [0.15, 0.2) is 0 Å². The zero-order valence-corrected chi connectivity index (χ0v) is 14.4. The maximum atomic E-state index is 6.26. The van der Waals surface area contributed by atoms with Gasteiger partial charge in [0.25, 0.3) is 0 Å². The van der Waals surface area contributed by atoms with Gasteiger partial charge in [-0.25, -0.2) is 4.98 Å². The first-order chi connectivity index (χ1) is 11.7. The van der Waals surface area contributed by atoms with E-state index in [1.807, 2.05) is 25.5 Å². The Morgan fingerprint density at radius 3 is 2.38 bits per heavy atom. The first kappa shape index (κ1) is 16.5. The number of hydrogen-bond donors (Lipinski definition) is 0. The van der Waals surface area contributed by atoms with Crippen LogP contribution >= 0.6 is 0 Å². The van der Waals surface area contributed by atoms with Crippen LogP contribution in [0.25, 0.3) is 0 Å². The minimum absolute atomic E-state index is 0.0202. The molecule has 1 heterocycles. The Morgan fingerprint density at radius 2 is 1.71 bits per heavy atom. The van der Waals surface area contributed by atoms with Gasteiger partial charge in [0.2, 0.25) is 0 Å². The normalized spacial score (nSPS) is 12.2. The van der Waals surface area contributed by atoms with Crippen LogP contribution in [0.5, 0.6) is 0 Å². The lowest BCUT2D eigenvalue weighted by atomic mass is 10.0. The molecule has 3 nitrogen and oxygen atoms in total. The van der Waals surface area contributed by atoms with Gasteiger partial charge < -0.3 is 9.30 Å². The van der Waals surface area contributed by atoms with Gasteiger partial charge in [-0.3, -0.25) is 0 Å². The van der Waals surface area contributed by atoms with Gasteiger partial charge in [0.1, 0.15) is 11.9 Å². The third-order valence-electron chi connectivity index (χ3n) is 4.23. The average Bonchev–Trinajstić information content (AvgIpc) is 3.02. The van der Waals surface area contributed by atoms with Gasteiger partial charge in [-0.1, -0.05) is 60.2 Å². The standard InChI is InChI=1S/C21H24N2O/c1-17-10-12-19(13-11-17)21(18-7-4-3-5-8-18)24-16-6-9-20-22-14-15-23(20)2/h3-5,7-8,10-15,21H,6,9,16H2,1-2H3. The van der Waals surface area contributed by atoms with Gasteiger partial charge in [0.05, 0.1) is 0 Å². The van der Waals surface area contributed by atoms with E-state index in [9.17, 15) is 0 Å². The van der Waals surface area contributed by atoms with Crippen molar-refractivity contribution in [3.05, 3.63) is 89.5 Å². The Balaban J connectivity index is 1.66. The summed E-state index contributed by atoms with van der Waals surface area (Å²) in [5.41, 5.74) is 3.66. The number of hydrogen-bond acceptors (Lipinski definition) is 2. The molecule has 2 aromatic carbocycles. The van der Waals surface area contributed by atoms with E-state index >= 15 is 0 Å². The Kier molecular flexibility index (Phi) is 5.44. The van der Waals surface area contributed by atoms with Crippen molar-refractivity contribution in [1.82, 2.24) is 9.55 Å². The van der Waals surface area contributed by atoms with Gasteiger partial charge in [0, 0.05) is 32.5 Å². The summed E-state index contributed by atoms with van der Waals surface area (Å²) >= 11 is 0. The summed E-state index contributed by atoms with van der Waals surface area (Å²) in [6, 6.07) is 19.0. The number of nitrogens with zero attached hydrogens (tertiary/aromatic N) is 2. The summed E-state index contributed by atoms with van der Waals surface area (Å²) in [7, 11) is 2.03. The zero-order chi connectivity index (χ0) is 16.8. The monoisotopic (exact) mass is 320 g/mol. The Labute approximate surface area is 143 Å². The molecule has 0 N–H and O–H groups in total. The first-order valence-corrected chi connectivity index (χ1v) is 8.43. The van der Waals surface area contributed by atoms with Crippen LogP contribution in [0.1, 0.15) is 35.0 Å². The van der Waals surface area contributed by atoms with E-state index in [-0.39, 0.29) is 6.10 Å². The molecule has 0 spiro atoms. The van der Waals surface area contributed by atoms with Crippen LogP contribution in [-0.4, -0.2) is 16.2 Å². The van der Waals surface area contributed by atoms with Crippen molar-refractivity contribution in [1.29, 1.82) is 0 Å². The molecule has 1 atom stereocenters. The molecule has 0 radical (unpaired) electrons. The maximum absolute atomic E-state index is 6.26. The molecule has 3 aromatic rings. The van der Waals surface area contributed by atoms with Gasteiger partial charge in [-0.2, -0.15) is 0 Å². The number of rotatable bonds is 7. The van der Waals surface area contributed by atoms with Crippen LogP contribution in [0.4, 0.5) is 0 Å². The fraction of sp³-hybridized carbons (Fsp3) is 0.286. The number of benzene rings is 2. The van der Waals surface area contributed by atoms with Gasteiger partial charge in [-0.05, 0) is 24.5 Å². The molecule has 0 fully saturated rings. The molecule has 0 bridgehead atoms. The van der Waals surface area contributed by atoms with Gasteiger partial charge in [-0.15, -0.1) is 0 Å². The van der Waals surface area contributed by atoms with Crippen molar-refractivity contribution in [2.45, 2.75) is 25.9 Å². The Morgan fingerprint density at radius 1 is 1.00 bits per heavy atom. The smallest absolute Gasteiger partial charge is 0.108 e. The van der Waals surface area contributed by atoms with Crippen LogP contribution in [-0.2, 0) is 18.2 Å². The second-order valence-electron chi connectivity index (χ2n) is 6.13. The highest BCUT2D eigenvalue weighted by molar-refractivity contribution is 5.31. The summed E-state index contributed by atoms with van der Waals surface area (Å²) in [5.74, 6) is 1.10. The molecular formula is C21H24N2O. The van der Waals surface area contributed by atoms with Crippen molar-refractivity contribution in [2.75, 3.05) is 6.61 Å². The summed E-state index contributed by atoms with van der Waals surface area (Å²) in [6.07, 6.45) is 5.69. The van der Waals surface area contributed by atoms with Crippen molar-refractivity contribution in [3.63, 3.8) is 0 Å². The molecule has 0 saturated carbocycles. The minimum Gasteiger partial charge on any atom is -0.369 e.